The number of likely N-dealkylation sites (N-methyl/N-ethyl adjacent to an activating group) is 1. The third kappa shape index (κ3) is 4.27. The standard InChI is InChI=1S/C25H28N8O2/c1-15-22(26)27-12-20(29-15)16-5-7-18(8-6-16)25(2,19-9-10-19)24-30-23(35-31-24)17-11-28-33(13-17)14-21(34)32(3)4/h5-8,11-13,19H,9-10,14H2,1-4H3,(H2,26,27)/t25-/m0/s1. The van der Waals surface area contributed by atoms with Crippen LogP contribution in [-0.4, -0.2) is 54.8 Å². The summed E-state index contributed by atoms with van der Waals surface area (Å²) in [6, 6.07) is 8.29. The minimum Gasteiger partial charge on any atom is -0.382 e. The summed E-state index contributed by atoms with van der Waals surface area (Å²) in [6.07, 6.45) is 7.29. The molecule has 180 valence electrons. The number of nitrogen functional groups attached to an aromatic ring is 1. The largest absolute Gasteiger partial charge is 0.382 e. The highest BCUT2D eigenvalue weighted by molar-refractivity contribution is 5.75. The van der Waals surface area contributed by atoms with Crippen molar-refractivity contribution in [3.05, 3.63) is 59.9 Å². The lowest BCUT2D eigenvalue weighted by Gasteiger charge is -2.27. The Labute approximate surface area is 203 Å². The summed E-state index contributed by atoms with van der Waals surface area (Å²) in [5.74, 6) is 1.85. The third-order valence-electron chi connectivity index (χ3n) is 6.73. The number of carbonyl (C=O) groups excluding carboxylic acids is 1. The summed E-state index contributed by atoms with van der Waals surface area (Å²) >= 11 is 0. The Balaban J connectivity index is 1.42. The van der Waals surface area contributed by atoms with E-state index in [-0.39, 0.29) is 17.9 Å². The quantitative estimate of drug-likeness (QED) is 0.434. The van der Waals surface area contributed by atoms with Crippen LogP contribution in [0.25, 0.3) is 22.7 Å². The molecule has 0 bridgehead atoms. The summed E-state index contributed by atoms with van der Waals surface area (Å²) in [6.45, 7) is 4.17. The van der Waals surface area contributed by atoms with Crippen molar-refractivity contribution in [1.29, 1.82) is 0 Å². The van der Waals surface area contributed by atoms with E-state index < -0.39 is 0 Å². The van der Waals surface area contributed by atoms with Crippen LogP contribution < -0.4 is 5.73 Å². The van der Waals surface area contributed by atoms with Gasteiger partial charge in [0.25, 0.3) is 5.89 Å². The molecule has 4 aromatic rings. The highest BCUT2D eigenvalue weighted by atomic mass is 16.5. The molecule has 1 aromatic carbocycles. The van der Waals surface area contributed by atoms with E-state index >= 15 is 0 Å². The Kier molecular flexibility index (Phi) is 5.58. The molecule has 10 nitrogen and oxygen atoms in total. The fourth-order valence-electron chi connectivity index (χ4n) is 4.22. The number of amides is 1. The van der Waals surface area contributed by atoms with Crippen molar-refractivity contribution in [2.75, 3.05) is 19.8 Å². The Morgan fingerprint density at radius 2 is 1.91 bits per heavy atom. The zero-order valence-corrected chi connectivity index (χ0v) is 20.3. The van der Waals surface area contributed by atoms with E-state index in [0.717, 1.165) is 29.7 Å². The number of nitrogens with two attached hydrogens (primary N) is 1. The molecule has 0 saturated heterocycles. The van der Waals surface area contributed by atoms with E-state index in [1.807, 2.05) is 19.1 Å². The lowest BCUT2D eigenvalue weighted by Crippen LogP contribution is -2.28. The second-order valence-electron chi connectivity index (χ2n) is 9.42. The number of carbonyl (C=O) groups is 1. The van der Waals surface area contributed by atoms with Gasteiger partial charge in [-0.1, -0.05) is 29.4 Å². The van der Waals surface area contributed by atoms with Crippen LogP contribution in [0.4, 0.5) is 5.82 Å². The summed E-state index contributed by atoms with van der Waals surface area (Å²) in [7, 11) is 3.43. The predicted octanol–water partition coefficient (Wildman–Crippen LogP) is 3.08. The van der Waals surface area contributed by atoms with E-state index in [1.165, 1.54) is 4.90 Å². The average Bonchev–Trinajstić information content (AvgIpc) is 3.41. The maximum atomic E-state index is 12.0. The van der Waals surface area contributed by atoms with Crippen LogP contribution in [0, 0.1) is 12.8 Å². The fourth-order valence-corrected chi connectivity index (χ4v) is 4.22. The van der Waals surface area contributed by atoms with Gasteiger partial charge in [0, 0.05) is 25.9 Å². The van der Waals surface area contributed by atoms with Crippen molar-refractivity contribution in [2.24, 2.45) is 5.92 Å². The normalized spacial score (nSPS) is 15.1. The van der Waals surface area contributed by atoms with Gasteiger partial charge in [-0.15, -0.1) is 0 Å². The maximum absolute atomic E-state index is 12.0. The molecule has 1 atom stereocenters. The zero-order valence-electron chi connectivity index (χ0n) is 20.3. The second kappa shape index (κ2) is 8.61. The van der Waals surface area contributed by atoms with Crippen LogP contribution in [-0.2, 0) is 16.8 Å². The molecular formula is C25H28N8O2. The van der Waals surface area contributed by atoms with E-state index in [9.17, 15) is 4.79 Å². The number of anilines is 1. The zero-order chi connectivity index (χ0) is 24.7. The van der Waals surface area contributed by atoms with Gasteiger partial charge in [-0.25, -0.2) is 9.97 Å². The Morgan fingerprint density at radius 3 is 2.57 bits per heavy atom. The van der Waals surface area contributed by atoms with Crippen molar-refractivity contribution < 1.29 is 9.32 Å². The first-order valence-corrected chi connectivity index (χ1v) is 11.5. The SMILES string of the molecule is Cc1nc(-c2ccc([C@](C)(c3noc(-c4cnn(CC(=O)N(C)C)c4)n3)C3CC3)cc2)cnc1N. The first kappa shape index (κ1) is 22.7. The van der Waals surface area contributed by atoms with Crippen LogP contribution in [0.2, 0.25) is 0 Å². The number of aromatic nitrogens is 6. The molecule has 1 saturated carbocycles. The van der Waals surface area contributed by atoms with Gasteiger partial charge in [-0.3, -0.25) is 9.48 Å². The van der Waals surface area contributed by atoms with E-state index in [4.69, 9.17) is 15.2 Å². The number of aryl methyl sites for hydroxylation is 1. The molecule has 2 N–H and O–H groups in total. The number of nitrogens with zero attached hydrogens (tertiary/aromatic N) is 7. The highest BCUT2D eigenvalue weighted by Crippen LogP contribution is 2.50. The van der Waals surface area contributed by atoms with Gasteiger partial charge in [0.15, 0.2) is 5.82 Å². The molecule has 1 amide bonds. The molecule has 3 heterocycles. The van der Waals surface area contributed by atoms with Crippen molar-refractivity contribution in [3.63, 3.8) is 0 Å². The molecular weight excluding hydrogens is 444 g/mol. The van der Waals surface area contributed by atoms with Gasteiger partial charge >= 0.3 is 0 Å². The number of rotatable bonds is 7. The molecule has 10 heteroatoms. The van der Waals surface area contributed by atoms with Crippen molar-refractivity contribution in [3.8, 4) is 22.7 Å². The van der Waals surface area contributed by atoms with Crippen LogP contribution >= 0.6 is 0 Å². The number of benzene rings is 1. The molecule has 1 aliphatic rings. The predicted molar refractivity (Wildman–Crippen MR) is 130 cm³/mol. The van der Waals surface area contributed by atoms with Gasteiger partial charge < -0.3 is 15.2 Å². The van der Waals surface area contributed by atoms with Gasteiger partial charge in [-0.2, -0.15) is 10.1 Å². The van der Waals surface area contributed by atoms with E-state index in [2.05, 4.69) is 39.3 Å². The monoisotopic (exact) mass is 472 g/mol. The molecule has 1 aliphatic carbocycles. The Bertz CT molecular complexity index is 1370. The first-order valence-electron chi connectivity index (χ1n) is 11.5. The van der Waals surface area contributed by atoms with E-state index in [0.29, 0.717) is 34.7 Å². The van der Waals surface area contributed by atoms with Gasteiger partial charge in [0.05, 0.1) is 34.8 Å². The lowest BCUT2D eigenvalue weighted by atomic mass is 9.77. The van der Waals surface area contributed by atoms with Crippen LogP contribution in [0.15, 0.2) is 47.4 Å². The highest BCUT2D eigenvalue weighted by Gasteiger charge is 2.47. The second-order valence-corrected chi connectivity index (χ2v) is 9.42. The Morgan fingerprint density at radius 1 is 1.17 bits per heavy atom. The van der Waals surface area contributed by atoms with Crippen LogP contribution in [0.1, 0.15) is 36.8 Å². The van der Waals surface area contributed by atoms with Crippen molar-refractivity contribution in [1.82, 2.24) is 34.8 Å². The van der Waals surface area contributed by atoms with Gasteiger partial charge in [0.2, 0.25) is 5.91 Å². The molecule has 0 radical (unpaired) electrons. The lowest BCUT2D eigenvalue weighted by molar-refractivity contribution is -0.129. The molecule has 3 aromatic heterocycles. The first-order chi connectivity index (χ1) is 16.8. The average molecular weight is 473 g/mol. The molecule has 0 unspecified atom stereocenters. The topological polar surface area (TPSA) is 129 Å². The minimum atomic E-state index is -0.389. The maximum Gasteiger partial charge on any atom is 0.261 e. The molecule has 35 heavy (non-hydrogen) atoms. The van der Waals surface area contributed by atoms with Crippen molar-refractivity contribution in [2.45, 2.75) is 38.6 Å². The minimum absolute atomic E-state index is 0.0456. The fraction of sp³-hybridized carbons (Fsp3) is 0.360. The summed E-state index contributed by atoms with van der Waals surface area (Å²) in [5.41, 5.74) is 9.68. The summed E-state index contributed by atoms with van der Waals surface area (Å²) in [5, 5.41) is 8.63. The Hall–Kier alpha value is -4.08. The number of hydrogen-bond acceptors (Lipinski definition) is 8. The van der Waals surface area contributed by atoms with Crippen molar-refractivity contribution >= 4 is 11.7 Å². The third-order valence-corrected chi connectivity index (χ3v) is 6.73. The summed E-state index contributed by atoms with van der Waals surface area (Å²) in [4.78, 5) is 27.0. The van der Waals surface area contributed by atoms with E-state index in [1.54, 1.807) is 37.4 Å². The van der Waals surface area contributed by atoms with Crippen LogP contribution in [0.3, 0.4) is 0 Å². The van der Waals surface area contributed by atoms with Crippen LogP contribution in [0.5, 0.6) is 0 Å². The molecule has 0 aliphatic heterocycles. The summed E-state index contributed by atoms with van der Waals surface area (Å²) < 4.78 is 7.21. The van der Waals surface area contributed by atoms with Gasteiger partial charge in [0.1, 0.15) is 12.4 Å². The number of hydrogen-bond donors (Lipinski definition) is 1. The molecule has 0 spiro atoms. The van der Waals surface area contributed by atoms with Gasteiger partial charge in [-0.05, 0) is 38.2 Å². The smallest absolute Gasteiger partial charge is 0.261 e. The molecule has 5 rings (SSSR count). The molecule has 1 fully saturated rings.